The summed E-state index contributed by atoms with van der Waals surface area (Å²) in [5, 5.41) is 18.7. The van der Waals surface area contributed by atoms with Crippen LogP contribution in [0.1, 0.15) is 27.8 Å². The average molecular weight is 719 g/mol. The van der Waals surface area contributed by atoms with Gasteiger partial charge in [-0.15, -0.1) is 0 Å². The Morgan fingerprint density at radius 2 is 0.962 bits per heavy atom. The molecule has 6 nitrogen and oxygen atoms in total. The van der Waals surface area contributed by atoms with Crippen LogP contribution in [0.15, 0.2) is 163 Å². The molecule has 0 spiro atoms. The summed E-state index contributed by atoms with van der Waals surface area (Å²) in [5.74, 6) is 1.33. The molecule has 0 fully saturated rings. The summed E-state index contributed by atoms with van der Waals surface area (Å²) in [4.78, 5) is 2.62. The highest BCUT2D eigenvalue weighted by Gasteiger charge is 2.25. The predicted molar refractivity (Wildman–Crippen MR) is 230 cm³/mol. The van der Waals surface area contributed by atoms with Gasteiger partial charge in [0, 0.05) is 39.7 Å². The van der Waals surface area contributed by atoms with Crippen molar-refractivity contribution in [2.75, 3.05) is 31.5 Å². The Labute approximate surface area is 317 Å². The van der Waals surface area contributed by atoms with E-state index in [1.165, 1.54) is 0 Å². The van der Waals surface area contributed by atoms with Gasteiger partial charge in [0.1, 0.15) is 4.99 Å². The SMILES string of the molecule is Cc1ccc(N(C(=S)Nc2ccccc2)/C(Nc2ccccc2C)=C(\Nc2ccccc2C)Nc2ccc(C)cc2C(=S)Nc2ccccc2)cc1. The predicted octanol–water partition coefficient (Wildman–Crippen LogP) is 11.4. The minimum absolute atomic E-state index is 0.474. The number of benzene rings is 6. The first kappa shape index (κ1) is 35.9. The zero-order chi connectivity index (χ0) is 36.5. The molecule has 0 heterocycles. The molecule has 0 atom stereocenters. The standard InChI is InChI=1S/C44H42N6S2/c1-30-23-26-36(27-24-30)50(44(52)46-35-19-9-6-10-20-35)42(49-39-22-14-12-16-33(39)4)41(47-38-21-13-11-15-32(38)3)48-40-28-25-31(2)29-37(40)43(51)45-34-17-7-5-8-18-34/h5-29,47-49H,1-4H3,(H,45,51)(H,46,52)/b42-41+. The minimum atomic E-state index is 0.474. The van der Waals surface area contributed by atoms with E-state index in [-0.39, 0.29) is 0 Å². The molecule has 0 saturated heterocycles. The van der Waals surface area contributed by atoms with Crippen molar-refractivity contribution in [3.63, 3.8) is 0 Å². The number of hydrogen-bond acceptors (Lipinski definition) is 5. The van der Waals surface area contributed by atoms with Crippen LogP contribution >= 0.6 is 24.4 Å². The molecular formula is C44H42N6S2. The van der Waals surface area contributed by atoms with Crippen molar-refractivity contribution in [2.45, 2.75) is 27.7 Å². The Morgan fingerprint density at radius 1 is 0.462 bits per heavy atom. The Morgan fingerprint density at radius 3 is 1.56 bits per heavy atom. The van der Waals surface area contributed by atoms with Crippen LogP contribution in [0.25, 0.3) is 0 Å². The quantitative estimate of drug-likeness (QED) is 0.0849. The number of nitrogens with one attached hydrogen (secondary N) is 5. The largest absolute Gasteiger partial charge is 0.346 e. The van der Waals surface area contributed by atoms with Crippen molar-refractivity contribution < 1.29 is 0 Å². The van der Waals surface area contributed by atoms with Gasteiger partial charge in [0.25, 0.3) is 0 Å². The maximum Gasteiger partial charge on any atom is 0.183 e. The van der Waals surface area contributed by atoms with Crippen LogP contribution in [0.4, 0.5) is 34.1 Å². The second-order valence-corrected chi connectivity index (χ2v) is 13.4. The third kappa shape index (κ3) is 9.03. The molecule has 6 aromatic carbocycles. The lowest BCUT2D eigenvalue weighted by molar-refractivity contribution is 1.14. The summed E-state index contributed by atoms with van der Waals surface area (Å²) in [6, 6.07) is 50.9. The van der Waals surface area contributed by atoms with Crippen molar-refractivity contribution >= 4 is 68.7 Å². The van der Waals surface area contributed by atoms with Gasteiger partial charge >= 0.3 is 0 Å². The number of nitrogens with zero attached hydrogens (tertiary/aromatic N) is 1. The lowest BCUT2D eigenvalue weighted by Gasteiger charge is -2.32. The van der Waals surface area contributed by atoms with Crippen LogP contribution in [0, 0.1) is 27.7 Å². The highest BCUT2D eigenvalue weighted by atomic mass is 32.1. The average Bonchev–Trinajstić information content (AvgIpc) is 3.15. The number of rotatable bonds is 11. The van der Waals surface area contributed by atoms with E-state index in [4.69, 9.17) is 24.4 Å². The molecule has 0 aliphatic heterocycles. The summed E-state index contributed by atoms with van der Waals surface area (Å²) in [6.45, 7) is 8.32. The highest BCUT2D eigenvalue weighted by Crippen LogP contribution is 2.30. The molecule has 8 heteroatoms. The molecule has 0 aliphatic rings. The van der Waals surface area contributed by atoms with Gasteiger partial charge in [0.2, 0.25) is 0 Å². The van der Waals surface area contributed by atoms with Crippen molar-refractivity contribution in [3.8, 4) is 0 Å². The summed E-state index contributed by atoms with van der Waals surface area (Å²) >= 11 is 12.3. The summed E-state index contributed by atoms with van der Waals surface area (Å²) in [5.41, 5.74) is 10.6. The van der Waals surface area contributed by atoms with Gasteiger partial charge in [-0.05, 0) is 112 Å². The second kappa shape index (κ2) is 16.8. The van der Waals surface area contributed by atoms with Gasteiger partial charge in [-0.25, -0.2) is 0 Å². The molecule has 6 aromatic rings. The van der Waals surface area contributed by atoms with Crippen molar-refractivity contribution in [1.82, 2.24) is 0 Å². The molecular weight excluding hydrogens is 677 g/mol. The minimum Gasteiger partial charge on any atom is -0.346 e. The first-order valence-electron chi connectivity index (χ1n) is 17.1. The lowest BCUT2D eigenvalue weighted by Crippen LogP contribution is -2.40. The Balaban J connectivity index is 1.57. The molecule has 0 amide bonds. The number of thiocarbonyl (C=S) groups is 2. The summed E-state index contributed by atoms with van der Waals surface area (Å²) in [6.07, 6.45) is 0. The van der Waals surface area contributed by atoms with E-state index in [0.717, 1.165) is 61.9 Å². The molecule has 260 valence electrons. The maximum atomic E-state index is 6.28. The van der Waals surface area contributed by atoms with Crippen molar-refractivity contribution in [3.05, 3.63) is 191 Å². The third-order valence-corrected chi connectivity index (χ3v) is 9.10. The van der Waals surface area contributed by atoms with E-state index >= 15 is 0 Å². The summed E-state index contributed by atoms with van der Waals surface area (Å²) in [7, 11) is 0. The number of hydrogen-bond donors (Lipinski definition) is 5. The van der Waals surface area contributed by atoms with E-state index in [0.29, 0.717) is 21.7 Å². The fourth-order valence-corrected chi connectivity index (χ4v) is 6.22. The van der Waals surface area contributed by atoms with Gasteiger partial charge < -0.3 is 26.6 Å². The van der Waals surface area contributed by atoms with Gasteiger partial charge in [-0.3, -0.25) is 4.90 Å². The number of para-hydroxylation sites is 4. The molecule has 52 heavy (non-hydrogen) atoms. The van der Waals surface area contributed by atoms with E-state index in [1.807, 2.05) is 89.8 Å². The van der Waals surface area contributed by atoms with Crippen LogP contribution in [0.5, 0.6) is 0 Å². The van der Waals surface area contributed by atoms with Gasteiger partial charge in [0.15, 0.2) is 16.8 Å². The van der Waals surface area contributed by atoms with Crippen LogP contribution in [-0.2, 0) is 0 Å². The van der Waals surface area contributed by atoms with E-state index in [1.54, 1.807) is 0 Å². The fraction of sp³-hybridized carbons (Fsp3) is 0.0909. The molecule has 0 unspecified atom stereocenters. The van der Waals surface area contributed by atoms with Crippen LogP contribution in [0.3, 0.4) is 0 Å². The third-order valence-electron chi connectivity index (χ3n) is 8.49. The molecule has 0 saturated carbocycles. The molecule has 0 radical (unpaired) electrons. The molecule has 0 aliphatic carbocycles. The Bertz CT molecular complexity index is 2200. The van der Waals surface area contributed by atoms with Gasteiger partial charge in [-0.1, -0.05) is 114 Å². The first-order chi connectivity index (χ1) is 25.2. The van der Waals surface area contributed by atoms with Gasteiger partial charge in [0.05, 0.1) is 0 Å². The van der Waals surface area contributed by atoms with Gasteiger partial charge in [-0.2, -0.15) is 0 Å². The zero-order valence-corrected chi connectivity index (χ0v) is 31.3. The topological polar surface area (TPSA) is 63.4 Å². The Hall–Kier alpha value is -5.96. The smallest absolute Gasteiger partial charge is 0.183 e. The van der Waals surface area contributed by atoms with Crippen LogP contribution in [0.2, 0.25) is 0 Å². The molecule has 6 rings (SSSR count). The van der Waals surface area contributed by atoms with Crippen molar-refractivity contribution in [2.24, 2.45) is 0 Å². The van der Waals surface area contributed by atoms with E-state index < -0.39 is 0 Å². The van der Waals surface area contributed by atoms with Crippen LogP contribution < -0.4 is 31.5 Å². The maximum absolute atomic E-state index is 6.28. The second-order valence-electron chi connectivity index (χ2n) is 12.6. The fourth-order valence-electron chi connectivity index (χ4n) is 5.62. The molecule has 5 N–H and O–H groups in total. The van der Waals surface area contributed by atoms with E-state index in [9.17, 15) is 0 Å². The van der Waals surface area contributed by atoms with Crippen molar-refractivity contribution in [1.29, 1.82) is 0 Å². The Kier molecular flexibility index (Phi) is 11.6. The normalized spacial score (nSPS) is 11.2. The monoisotopic (exact) mass is 718 g/mol. The lowest BCUT2D eigenvalue weighted by atomic mass is 10.1. The zero-order valence-electron chi connectivity index (χ0n) is 29.7. The first-order valence-corrected chi connectivity index (χ1v) is 17.9. The van der Waals surface area contributed by atoms with E-state index in [2.05, 4.69) is 121 Å². The molecule has 0 aromatic heterocycles. The van der Waals surface area contributed by atoms with Crippen LogP contribution in [-0.4, -0.2) is 10.1 Å². The molecule has 0 bridgehead atoms. The summed E-state index contributed by atoms with van der Waals surface area (Å²) < 4.78 is 0. The number of aryl methyl sites for hydroxylation is 4. The highest BCUT2D eigenvalue weighted by molar-refractivity contribution is 7.81. The number of anilines is 6.